The van der Waals surface area contributed by atoms with Gasteiger partial charge in [0.15, 0.2) is 24.3 Å². The summed E-state index contributed by atoms with van der Waals surface area (Å²) in [5, 5.41) is 0. The van der Waals surface area contributed by atoms with Gasteiger partial charge >= 0.3 is 0 Å². The zero-order chi connectivity index (χ0) is 30.3. The van der Waals surface area contributed by atoms with E-state index in [0.717, 1.165) is 24.0 Å². The van der Waals surface area contributed by atoms with E-state index in [1.807, 2.05) is 42.5 Å². The molecule has 6 heteroatoms. The van der Waals surface area contributed by atoms with Crippen molar-refractivity contribution in [2.45, 2.75) is 60.8 Å². The Hall–Kier alpha value is -3.48. The van der Waals surface area contributed by atoms with Crippen molar-refractivity contribution in [3.63, 3.8) is 0 Å². The summed E-state index contributed by atoms with van der Waals surface area (Å²) in [7, 11) is -8.69. The Morgan fingerprint density at radius 3 is 1.36 bits per heavy atom. The van der Waals surface area contributed by atoms with Crippen LogP contribution in [0.4, 0.5) is 0 Å². The number of hydrogen-bond donors (Lipinski definition) is 0. The number of allylic oxidation sites excluding steroid dienone is 1. The Balaban J connectivity index is 1.89. The first-order valence-corrected chi connectivity index (χ1v) is 17.5. The largest absolute Gasteiger partial charge is 0.222 e. The van der Waals surface area contributed by atoms with E-state index in [0.29, 0.717) is 17.4 Å². The Morgan fingerprint density at radius 1 is 0.548 bits per heavy atom. The van der Waals surface area contributed by atoms with Gasteiger partial charge in [-0.3, -0.25) is 0 Å². The van der Waals surface area contributed by atoms with E-state index in [4.69, 9.17) is 0 Å². The Bertz CT molecular complexity index is 1600. The molecule has 1 unspecified atom stereocenters. The second-order valence-electron chi connectivity index (χ2n) is 11.6. The summed E-state index contributed by atoms with van der Waals surface area (Å²) in [6.45, 7) is 8.62. The molecule has 0 N–H and O–H groups in total. The summed E-state index contributed by atoms with van der Waals surface area (Å²) < 4.78 is 55.5. The first kappa shape index (κ1) is 31.5. The van der Waals surface area contributed by atoms with Crippen molar-refractivity contribution < 1.29 is 16.8 Å². The molecule has 0 saturated carbocycles. The minimum Gasteiger partial charge on any atom is -0.222 e. The molecule has 1 atom stereocenters. The molecule has 4 aromatic carbocycles. The van der Waals surface area contributed by atoms with Crippen molar-refractivity contribution in [2.24, 2.45) is 11.8 Å². The van der Waals surface area contributed by atoms with Crippen molar-refractivity contribution in [1.82, 2.24) is 0 Å². The van der Waals surface area contributed by atoms with Gasteiger partial charge in [-0.15, -0.1) is 0 Å². The van der Waals surface area contributed by atoms with Gasteiger partial charge in [-0.1, -0.05) is 125 Å². The van der Waals surface area contributed by atoms with Crippen molar-refractivity contribution >= 4 is 25.8 Å². The van der Waals surface area contributed by atoms with Gasteiger partial charge in [0.25, 0.3) is 0 Å². The van der Waals surface area contributed by atoms with Gasteiger partial charge < -0.3 is 0 Å². The fraction of sp³-hybridized carbons (Fsp3) is 0.278. The SMILES string of the molecule is CC(C)Cc1ccc(/C=C/C(c2ccc(CC(C)C)cc2)C(S(=O)(=O)c2ccccc2)S(=O)(=O)c2ccccc2)cc1. The van der Waals surface area contributed by atoms with Crippen LogP contribution in [-0.4, -0.2) is 21.4 Å². The molecule has 42 heavy (non-hydrogen) atoms. The molecule has 0 aliphatic heterocycles. The van der Waals surface area contributed by atoms with E-state index >= 15 is 0 Å². The zero-order valence-electron chi connectivity index (χ0n) is 24.7. The average molecular weight is 601 g/mol. The molecule has 0 bridgehead atoms. The summed E-state index contributed by atoms with van der Waals surface area (Å²) in [4.78, 5) is -0.0512. The predicted octanol–water partition coefficient (Wildman–Crippen LogP) is 8.15. The minimum absolute atomic E-state index is 0.0256. The quantitative estimate of drug-likeness (QED) is 0.165. The number of sulfone groups is 2. The van der Waals surface area contributed by atoms with Gasteiger partial charge in [-0.05, 0) is 71.2 Å². The number of benzene rings is 4. The topological polar surface area (TPSA) is 68.3 Å². The maximum Gasteiger partial charge on any atom is 0.196 e. The van der Waals surface area contributed by atoms with Crippen LogP contribution in [-0.2, 0) is 32.5 Å². The summed E-state index contributed by atoms with van der Waals surface area (Å²) in [6, 6.07) is 31.5. The van der Waals surface area contributed by atoms with Crippen molar-refractivity contribution in [1.29, 1.82) is 0 Å². The molecule has 0 fully saturated rings. The lowest BCUT2D eigenvalue weighted by Gasteiger charge is -2.26. The van der Waals surface area contributed by atoms with Crippen LogP contribution < -0.4 is 0 Å². The van der Waals surface area contributed by atoms with Gasteiger partial charge in [0, 0.05) is 5.92 Å². The van der Waals surface area contributed by atoms with Crippen LogP contribution in [0, 0.1) is 11.8 Å². The van der Waals surface area contributed by atoms with E-state index in [1.54, 1.807) is 42.5 Å². The smallest absolute Gasteiger partial charge is 0.196 e. The Labute approximate surface area is 252 Å². The lowest BCUT2D eigenvalue weighted by Crippen LogP contribution is -2.36. The molecule has 0 amide bonds. The summed E-state index contributed by atoms with van der Waals surface area (Å²) in [5.41, 5.74) is 3.83. The second kappa shape index (κ2) is 13.7. The summed E-state index contributed by atoms with van der Waals surface area (Å²) in [5.74, 6) is 0.0142. The maximum absolute atomic E-state index is 14.3. The van der Waals surface area contributed by atoms with Crippen molar-refractivity contribution in [2.75, 3.05) is 0 Å². The highest BCUT2D eigenvalue weighted by Crippen LogP contribution is 2.37. The molecule has 0 aromatic heterocycles. The molecule has 0 spiro atoms. The van der Waals surface area contributed by atoms with E-state index in [-0.39, 0.29) is 9.79 Å². The van der Waals surface area contributed by atoms with Gasteiger partial charge in [0.2, 0.25) is 0 Å². The fourth-order valence-corrected chi connectivity index (χ4v) is 10.1. The van der Waals surface area contributed by atoms with Gasteiger partial charge in [0.1, 0.15) is 0 Å². The van der Waals surface area contributed by atoms with Gasteiger partial charge in [-0.2, -0.15) is 0 Å². The molecule has 0 saturated heterocycles. The normalized spacial score (nSPS) is 13.3. The first-order valence-electron chi connectivity index (χ1n) is 14.4. The number of hydrogen-bond acceptors (Lipinski definition) is 4. The molecular formula is C36H40O4S2. The molecular weight excluding hydrogens is 561 g/mol. The minimum atomic E-state index is -4.35. The molecule has 4 rings (SSSR count). The standard InChI is InChI=1S/C36H40O4S2/c1-27(2)25-30-17-15-29(16-18-30)21-24-35(32-22-19-31(20-23-32)26-28(3)4)36(41(37,38)33-11-7-5-8-12-33)42(39,40)34-13-9-6-10-14-34/h5-24,27-28,35-36H,25-26H2,1-4H3/b24-21+. The van der Waals surface area contributed by atoms with Crippen molar-refractivity contribution in [3.8, 4) is 0 Å². The van der Waals surface area contributed by atoms with Crippen LogP contribution in [0.3, 0.4) is 0 Å². The highest BCUT2D eigenvalue weighted by Gasteiger charge is 2.45. The number of rotatable bonds is 12. The third-order valence-corrected chi connectivity index (χ3v) is 12.4. The summed E-state index contributed by atoms with van der Waals surface area (Å²) in [6.07, 6.45) is 5.40. The van der Waals surface area contributed by atoms with Crippen LogP contribution in [0.15, 0.2) is 125 Å². The first-order chi connectivity index (χ1) is 20.0. The maximum atomic E-state index is 14.3. The van der Waals surface area contributed by atoms with Crippen LogP contribution in [0.5, 0.6) is 0 Å². The van der Waals surface area contributed by atoms with Crippen LogP contribution in [0.2, 0.25) is 0 Å². The molecule has 0 heterocycles. The molecule has 0 aliphatic carbocycles. The van der Waals surface area contributed by atoms with Gasteiger partial charge in [-0.25, -0.2) is 16.8 Å². The average Bonchev–Trinajstić information content (AvgIpc) is 2.96. The third kappa shape index (κ3) is 7.67. The summed E-state index contributed by atoms with van der Waals surface area (Å²) >= 11 is 0. The third-order valence-electron chi connectivity index (χ3n) is 7.18. The predicted molar refractivity (Wildman–Crippen MR) is 173 cm³/mol. The van der Waals surface area contributed by atoms with E-state index in [9.17, 15) is 16.8 Å². The second-order valence-corrected chi connectivity index (χ2v) is 16.1. The van der Waals surface area contributed by atoms with Crippen molar-refractivity contribution in [3.05, 3.63) is 138 Å². The van der Waals surface area contributed by atoms with Gasteiger partial charge in [0.05, 0.1) is 9.79 Å². The monoisotopic (exact) mass is 600 g/mol. The zero-order valence-corrected chi connectivity index (χ0v) is 26.4. The molecule has 4 aromatic rings. The lowest BCUT2D eigenvalue weighted by atomic mass is 9.95. The molecule has 220 valence electrons. The fourth-order valence-electron chi connectivity index (χ4n) is 5.20. The van der Waals surface area contributed by atoms with E-state index in [2.05, 4.69) is 39.8 Å². The molecule has 4 nitrogen and oxygen atoms in total. The lowest BCUT2D eigenvalue weighted by molar-refractivity contribution is 0.568. The Morgan fingerprint density at radius 2 is 0.952 bits per heavy atom. The van der Waals surface area contributed by atoms with E-state index in [1.165, 1.54) is 29.8 Å². The molecule has 0 aliphatic rings. The van der Waals surface area contributed by atoms with Crippen LogP contribution in [0.1, 0.15) is 55.9 Å². The van der Waals surface area contributed by atoms with Crippen LogP contribution in [0.25, 0.3) is 6.08 Å². The highest BCUT2D eigenvalue weighted by molar-refractivity contribution is 8.09. The van der Waals surface area contributed by atoms with Crippen LogP contribution >= 0.6 is 0 Å². The highest BCUT2D eigenvalue weighted by atomic mass is 32.3. The Kier molecular flexibility index (Phi) is 10.2. The van der Waals surface area contributed by atoms with E-state index < -0.39 is 30.2 Å². The molecule has 0 radical (unpaired) electrons.